The van der Waals surface area contributed by atoms with Gasteiger partial charge in [-0.3, -0.25) is 9.59 Å². The molecule has 1 amide bonds. The Morgan fingerprint density at radius 1 is 0.923 bits per heavy atom. The highest BCUT2D eigenvalue weighted by Gasteiger charge is 2.21. The van der Waals surface area contributed by atoms with Gasteiger partial charge in [0.15, 0.2) is 5.78 Å². The van der Waals surface area contributed by atoms with Crippen LogP contribution in [0.2, 0.25) is 0 Å². The Labute approximate surface area is 153 Å². The molecule has 1 heterocycles. The number of carbonyl (C=O) groups is 2. The summed E-state index contributed by atoms with van der Waals surface area (Å²) in [6.45, 7) is 4.32. The molecule has 1 aromatic heterocycles. The Morgan fingerprint density at radius 3 is 2.31 bits per heavy atom. The second-order valence-corrected chi connectivity index (χ2v) is 6.41. The van der Waals surface area contributed by atoms with Crippen molar-refractivity contribution in [2.45, 2.75) is 20.4 Å². The molecule has 0 radical (unpaired) electrons. The Hall–Kier alpha value is -3.14. The van der Waals surface area contributed by atoms with Crippen molar-refractivity contribution in [3.05, 3.63) is 94.4 Å². The molecule has 2 aromatic carbocycles. The van der Waals surface area contributed by atoms with Crippen LogP contribution in [0.1, 0.15) is 43.2 Å². The number of rotatable bonds is 5. The first-order valence-electron chi connectivity index (χ1n) is 8.46. The third-order valence-electron chi connectivity index (χ3n) is 4.49. The number of aryl methyl sites for hydroxylation is 2. The second-order valence-electron chi connectivity index (χ2n) is 6.41. The summed E-state index contributed by atoms with van der Waals surface area (Å²) in [6, 6.07) is 16.1. The van der Waals surface area contributed by atoms with Crippen LogP contribution >= 0.6 is 0 Å². The lowest BCUT2D eigenvalue weighted by atomic mass is 9.95. The summed E-state index contributed by atoms with van der Waals surface area (Å²) in [5.74, 6) is 0.330. The van der Waals surface area contributed by atoms with Gasteiger partial charge in [-0.1, -0.05) is 30.3 Å². The van der Waals surface area contributed by atoms with Gasteiger partial charge in [0, 0.05) is 18.2 Å². The second kappa shape index (κ2) is 7.40. The van der Waals surface area contributed by atoms with Crippen LogP contribution in [0.25, 0.3) is 0 Å². The lowest BCUT2D eigenvalue weighted by Crippen LogP contribution is -2.27. The standard InChI is InChI=1S/C22H21NO3/c1-15-10-11-17(13-16(15)2)21(24)19-8-4-5-9-20(19)22(25)23(3)14-18-7-6-12-26-18/h4-13H,14H2,1-3H3. The molecule has 0 aliphatic heterocycles. The summed E-state index contributed by atoms with van der Waals surface area (Å²) >= 11 is 0. The Morgan fingerprint density at radius 2 is 1.65 bits per heavy atom. The van der Waals surface area contributed by atoms with Gasteiger partial charge in [-0.05, 0) is 49.2 Å². The van der Waals surface area contributed by atoms with E-state index >= 15 is 0 Å². The van der Waals surface area contributed by atoms with Crippen LogP contribution in [0.4, 0.5) is 0 Å². The molecule has 0 spiro atoms. The molecular formula is C22H21NO3. The van der Waals surface area contributed by atoms with E-state index < -0.39 is 0 Å². The van der Waals surface area contributed by atoms with Crippen molar-refractivity contribution in [1.29, 1.82) is 0 Å². The summed E-state index contributed by atoms with van der Waals surface area (Å²) in [5, 5.41) is 0. The van der Waals surface area contributed by atoms with Crippen molar-refractivity contribution < 1.29 is 14.0 Å². The fourth-order valence-corrected chi connectivity index (χ4v) is 2.82. The van der Waals surface area contributed by atoms with Crippen molar-refractivity contribution >= 4 is 11.7 Å². The van der Waals surface area contributed by atoms with E-state index in [1.54, 1.807) is 54.6 Å². The van der Waals surface area contributed by atoms with E-state index in [2.05, 4.69) is 0 Å². The molecule has 0 aliphatic carbocycles. The fourth-order valence-electron chi connectivity index (χ4n) is 2.82. The molecule has 26 heavy (non-hydrogen) atoms. The Bertz CT molecular complexity index is 942. The molecule has 0 fully saturated rings. The summed E-state index contributed by atoms with van der Waals surface area (Å²) in [4.78, 5) is 27.4. The predicted octanol–water partition coefficient (Wildman–Crippen LogP) is 4.40. The first kappa shape index (κ1) is 17.7. The third-order valence-corrected chi connectivity index (χ3v) is 4.49. The maximum absolute atomic E-state index is 13.0. The summed E-state index contributed by atoms with van der Waals surface area (Å²) in [5.41, 5.74) is 3.57. The van der Waals surface area contributed by atoms with E-state index in [0.717, 1.165) is 11.1 Å². The van der Waals surface area contributed by atoms with E-state index in [9.17, 15) is 9.59 Å². The average molecular weight is 347 g/mol. The van der Waals surface area contributed by atoms with Gasteiger partial charge in [0.1, 0.15) is 5.76 Å². The monoisotopic (exact) mass is 347 g/mol. The highest BCUT2D eigenvalue weighted by molar-refractivity contribution is 6.15. The normalized spacial score (nSPS) is 10.6. The summed E-state index contributed by atoms with van der Waals surface area (Å²) in [6.07, 6.45) is 1.57. The van der Waals surface area contributed by atoms with Gasteiger partial charge in [0.05, 0.1) is 18.4 Å². The Kier molecular flexibility index (Phi) is 5.03. The molecule has 0 saturated carbocycles. The number of ketones is 1. The van der Waals surface area contributed by atoms with Gasteiger partial charge < -0.3 is 9.32 Å². The van der Waals surface area contributed by atoms with E-state index in [1.165, 1.54) is 0 Å². The minimum absolute atomic E-state index is 0.150. The number of furan rings is 1. The van der Waals surface area contributed by atoms with Crippen molar-refractivity contribution in [2.24, 2.45) is 0 Å². The van der Waals surface area contributed by atoms with Crippen LogP contribution in [-0.2, 0) is 6.54 Å². The van der Waals surface area contributed by atoms with Gasteiger partial charge in [0.25, 0.3) is 5.91 Å². The van der Waals surface area contributed by atoms with E-state index in [4.69, 9.17) is 4.42 Å². The summed E-state index contributed by atoms with van der Waals surface area (Å²) < 4.78 is 5.30. The smallest absolute Gasteiger partial charge is 0.254 e. The topological polar surface area (TPSA) is 50.5 Å². The molecule has 0 aliphatic rings. The quantitative estimate of drug-likeness (QED) is 0.643. The number of carbonyl (C=O) groups excluding carboxylic acids is 2. The molecule has 0 N–H and O–H groups in total. The van der Waals surface area contributed by atoms with Crippen molar-refractivity contribution in [2.75, 3.05) is 7.05 Å². The van der Waals surface area contributed by atoms with Crippen molar-refractivity contribution in [1.82, 2.24) is 4.90 Å². The molecule has 132 valence electrons. The number of amides is 1. The molecule has 0 unspecified atom stereocenters. The van der Waals surface area contributed by atoms with Gasteiger partial charge >= 0.3 is 0 Å². The predicted molar refractivity (Wildman–Crippen MR) is 100 cm³/mol. The molecule has 3 aromatic rings. The van der Waals surface area contributed by atoms with Crippen LogP contribution in [-0.4, -0.2) is 23.6 Å². The molecule has 4 heteroatoms. The van der Waals surface area contributed by atoms with Crippen LogP contribution in [0.5, 0.6) is 0 Å². The van der Waals surface area contributed by atoms with Gasteiger partial charge in [-0.25, -0.2) is 0 Å². The van der Waals surface area contributed by atoms with Crippen LogP contribution in [0.15, 0.2) is 65.3 Å². The third kappa shape index (κ3) is 3.59. The zero-order valence-corrected chi connectivity index (χ0v) is 15.2. The lowest BCUT2D eigenvalue weighted by molar-refractivity contribution is 0.0771. The SMILES string of the molecule is Cc1ccc(C(=O)c2ccccc2C(=O)N(C)Cc2ccco2)cc1C. The molecule has 3 rings (SSSR count). The van der Waals surface area contributed by atoms with E-state index in [1.807, 2.05) is 32.0 Å². The largest absolute Gasteiger partial charge is 0.467 e. The van der Waals surface area contributed by atoms with Crippen LogP contribution in [0, 0.1) is 13.8 Å². The number of hydrogen-bond donors (Lipinski definition) is 0. The maximum Gasteiger partial charge on any atom is 0.254 e. The van der Waals surface area contributed by atoms with Gasteiger partial charge in [-0.2, -0.15) is 0 Å². The van der Waals surface area contributed by atoms with Gasteiger partial charge in [-0.15, -0.1) is 0 Å². The minimum Gasteiger partial charge on any atom is -0.467 e. The fraction of sp³-hybridized carbons (Fsp3) is 0.182. The molecule has 0 atom stereocenters. The number of hydrogen-bond acceptors (Lipinski definition) is 3. The summed E-state index contributed by atoms with van der Waals surface area (Å²) in [7, 11) is 1.70. The van der Waals surface area contributed by atoms with Crippen LogP contribution in [0.3, 0.4) is 0 Å². The molecule has 4 nitrogen and oxygen atoms in total. The van der Waals surface area contributed by atoms with Crippen molar-refractivity contribution in [3.8, 4) is 0 Å². The van der Waals surface area contributed by atoms with E-state index in [0.29, 0.717) is 29.0 Å². The maximum atomic E-state index is 13.0. The lowest BCUT2D eigenvalue weighted by Gasteiger charge is -2.18. The van der Waals surface area contributed by atoms with Gasteiger partial charge in [0.2, 0.25) is 0 Å². The molecule has 0 saturated heterocycles. The highest BCUT2D eigenvalue weighted by Crippen LogP contribution is 2.19. The van der Waals surface area contributed by atoms with Crippen molar-refractivity contribution in [3.63, 3.8) is 0 Å². The van der Waals surface area contributed by atoms with Crippen LogP contribution < -0.4 is 0 Å². The Balaban J connectivity index is 1.91. The number of benzene rings is 2. The first-order valence-corrected chi connectivity index (χ1v) is 8.46. The minimum atomic E-state index is -0.214. The van der Waals surface area contributed by atoms with E-state index in [-0.39, 0.29) is 11.7 Å². The highest BCUT2D eigenvalue weighted by atomic mass is 16.3. The molecule has 0 bridgehead atoms. The first-order chi connectivity index (χ1) is 12.5. The zero-order valence-electron chi connectivity index (χ0n) is 15.2. The average Bonchev–Trinajstić information content (AvgIpc) is 3.15. The zero-order chi connectivity index (χ0) is 18.7. The number of nitrogens with zero attached hydrogens (tertiary/aromatic N) is 1. The molecular weight excluding hydrogens is 326 g/mol.